The molecule has 1 unspecified atom stereocenters. The van der Waals surface area contributed by atoms with Gasteiger partial charge in [-0.1, -0.05) is 18.2 Å². The summed E-state index contributed by atoms with van der Waals surface area (Å²) in [6.07, 6.45) is 0. The van der Waals surface area contributed by atoms with Gasteiger partial charge < -0.3 is 4.18 Å². The van der Waals surface area contributed by atoms with Gasteiger partial charge in [0.25, 0.3) is 11.3 Å². The Kier molecular flexibility index (Phi) is 2.42. The van der Waals surface area contributed by atoms with E-state index in [1.165, 1.54) is 0 Å². The minimum absolute atomic E-state index is 0.517. The Morgan fingerprint density at radius 3 is 2.40 bits per heavy atom. The molecule has 0 amide bonds. The Morgan fingerprint density at radius 2 is 1.90 bits per heavy atom. The van der Waals surface area contributed by atoms with Crippen molar-refractivity contribution in [1.29, 1.82) is 0 Å². The summed E-state index contributed by atoms with van der Waals surface area (Å²) in [4.78, 5) is 0. The van der Waals surface area contributed by atoms with Gasteiger partial charge in [-0.2, -0.15) is 4.21 Å². The Morgan fingerprint density at radius 1 is 1.30 bits per heavy atom. The van der Waals surface area contributed by atoms with Crippen molar-refractivity contribution in [2.75, 3.05) is 0 Å². The standard InChI is InChI=1S/C6H7NO2S/c7-10(8)9-6-4-2-1-3-5-6/h1-5H,7H2. The number of nitrogens with two attached hydrogens (primary N) is 1. The van der Waals surface area contributed by atoms with Crippen LogP contribution in [0, 0.1) is 0 Å². The fraction of sp³-hybridized carbons (Fsp3) is 0. The fourth-order valence-electron chi connectivity index (χ4n) is 0.571. The van der Waals surface area contributed by atoms with Gasteiger partial charge in [0, 0.05) is 0 Å². The molecule has 0 aromatic heterocycles. The summed E-state index contributed by atoms with van der Waals surface area (Å²) in [5, 5.41) is 4.87. The zero-order chi connectivity index (χ0) is 7.40. The third-order valence-corrected chi connectivity index (χ3v) is 1.28. The van der Waals surface area contributed by atoms with E-state index in [9.17, 15) is 4.21 Å². The highest BCUT2D eigenvalue weighted by Crippen LogP contribution is 2.07. The average molecular weight is 157 g/mol. The van der Waals surface area contributed by atoms with Crippen molar-refractivity contribution in [2.45, 2.75) is 0 Å². The summed E-state index contributed by atoms with van der Waals surface area (Å²) < 4.78 is 14.9. The Bertz CT molecular complexity index is 224. The topological polar surface area (TPSA) is 52.3 Å². The molecule has 1 aromatic rings. The van der Waals surface area contributed by atoms with Gasteiger partial charge in [-0.15, -0.1) is 0 Å². The van der Waals surface area contributed by atoms with Crippen LogP contribution >= 0.6 is 0 Å². The highest BCUT2D eigenvalue weighted by atomic mass is 32.2. The van der Waals surface area contributed by atoms with Crippen molar-refractivity contribution < 1.29 is 8.39 Å². The van der Waals surface area contributed by atoms with E-state index in [-0.39, 0.29) is 0 Å². The molecule has 2 N–H and O–H groups in total. The Balaban J connectivity index is 2.67. The van der Waals surface area contributed by atoms with E-state index in [2.05, 4.69) is 4.18 Å². The predicted molar refractivity (Wildman–Crippen MR) is 39.4 cm³/mol. The second-order valence-electron chi connectivity index (χ2n) is 1.66. The summed E-state index contributed by atoms with van der Waals surface area (Å²) in [6, 6.07) is 8.77. The maximum Gasteiger partial charge on any atom is 0.285 e. The zero-order valence-corrected chi connectivity index (χ0v) is 6.01. The fourth-order valence-corrected chi connectivity index (χ4v) is 0.872. The van der Waals surface area contributed by atoms with Crippen LogP contribution in [0.2, 0.25) is 0 Å². The molecule has 1 atom stereocenters. The molecule has 10 heavy (non-hydrogen) atoms. The van der Waals surface area contributed by atoms with Crippen LogP contribution in [0.5, 0.6) is 5.75 Å². The zero-order valence-electron chi connectivity index (χ0n) is 5.19. The molecular formula is C6H7NO2S. The summed E-state index contributed by atoms with van der Waals surface area (Å²) in [7, 11) is 0. The van der Waals surface area contributed by atoms with Crippen LogP contribution in [0.3, 0.4) is 0 Å². The lowest BCUT2D eigenvalue weighted by molar-refractivity contribution is 0.563. The van der Waals surface area contributed by atoms with Crippen LogP contribution in [0.1, 0.15) is 0 Å². The quantitative estimate of drug-likeness (QED) is 0.683. The lowest BCUT2D eigenvalue weighted by Gasteiger charge is -1.97. The van der Waals surface area contributed by atoms with Gasteiger partial charge in [0.15, 0.2) is 0 Å². The van der Waals surface area contributed by atoms with Crippen LogP contribution in [-0.2, 0) is 11.3 Å². The molecule has 0 spiro atoms. The van der Waals surface area contributed by atoms with Crippen molar-refractivity contribution in [2.24, 2.45) is 5.14 Å². The second kappa shape index (κ2) is 3.34. The van der Waals surface area contributed by atoms with E-state index in [4.69, 9.17) is 5.14 Å². The predicted octanol–water partition coefficient (Wildman–Crippen LogP) is 0.603. The number of hydrogen-bond donors (Lipinski definition) is 1. The first-order valence-corrected chi connectivity index (χ1v) is 3.82. The van der Waals surface area contributed by atoms with Gasteiger partial charge in [0.1, 0.15) is 5.75 Å². The van der Waals surface area contributed by atoms with Gasteiger partial charge >= 0.3 is 0 Å². The third-order valence-electron chi connectivity index (χ3n) is 0.922. The van der Waals surface area contributed by atoms with Crippen LogP contribution in [0.25, 0.3) is 0 Å². The van der Waals surface area contributed by atoms with E-state index in [1.54, 1.807) is 24.3 Å². The van der Waals surface area contributed by atoms with Crippen LogP contribution in [0.4, 0.5) is 0 Å². The van der Waals surface area contributed by atoms with Crippen molar-refractivity contribution in [3.8, 4) is 5.75 Å². The van der Waals surface area contributed by atoms with Gasteiger partial charge in [0.05, 0.1) is 0 Å². The lowest BCUT2D eigenvalue weighted by atomic mass is 10.3. The molecule has 54 valence electrons. The van der Waals surface area contributed by atoms with E-state index in [1.807, 2.05) is 6.07 Å². The molecular weight excluding hydrogens is 150 g/mol. The molecule has 0 saturated carbocycles. The van der Waals surface area contributed by atoms with Crippen LogP contribution < -0.4 is 9.32 Å². The number of rotatable bonds is 2. The molecule has 1 aromatic carbocycles. The highest BCUT2D eigenvalue weighted by Gasteiger charge is 1.92. The second-order valence-corrected chi connectivity index (χ2v) is 2.34. The summed E-state index contributed by atoms with van der Waals surface area (Å²) >= 11 is -1.72. The molecule has 0 saturated heterocycles. The van der Waals surface area contributed by atoms with Gasteiger partial charge in [-0.05, 0) is 12.1 Å². The van der Waals surface area contributed by atoms with Gasteiger partial charge in [0.2, 0.25) is 0 Å². The minimum atomic E-state index is -1.72. The number of hydrogen-bond acceptors (Lipinski definition) is 2. The number of para-hydroxylation sites is 1. The normalized spacial score (nSPS) is 12.5. The minimum Gasteiger partial charge on any atom is -0.389 e. The summed E-state index contributed by atoms with van der Waals surface area (Å²) in [5.74, 6) is 0.517. The molecule has 0 bridgehead atoms. The van der Waals surface area contributed by atoms with Crippen molar-refractivity contribution in [3.63, 3.8) is 0 Å². The maximum atomic E-state index is 10.3. The molecule has 0 radical (unpaired) electrons. The van der Waals surface area contributed by atoms with Crippen LogP contribution in [-0.4, -0.2) is 4.21 Å². The number of benzene rings is 1. The van der Waals surface area contributed by atoms with Crippen LogP contribution in [0.15, 0.2) is 30.3 Å². The molecule has 0 aliphatic rings. The lowest BCUT2D eigenvalue weighted by Crippen LogP contribution is -2.09. The monoisotopic (exact) mass is 157 g/mol. The molecule has 4 heteroatoms. The molecule has 0 aliphatic heterocycles. The van der Waals surface area contributed by atoms with Crippen molar-refractivity contribution in [3.05, 3.63) is 30.3 Å². The Labute approximate surface area is 61.6 Å². The molecule has 0 fully saturated rings. The van der Waals surface area contributed by atoms with E-state index in [0.717, 1.165) is 0 Å². The van der Waals surface area contributed by atoms with E-state index >= 15 is 0 Å². The largest absolute Gasteiger partial charge is 0.389 e. The van der Waals surface area contributed by atoms with Gasteiger partial charge in [-0.3, -0.25) is 0 Å². The van der Waals surface area contributed by atoms with E-state index < -0.39 is 11.3 Å². The third kappa shape index (κ3) is 2.16. The molecule has 0 aliphatic carbocycles. The van der Waals surface area contributed by atoms with Crippen molar-refractivity contribution >= 4 is 11.3 Å². The SMILES string of the molecule is NS(=O)Oc1ccccc1. The van der Waals surface area contributed by atoms with Gasteiger partial charge in [-0.25, -0.2) is 5.14 Å². The Hall–Kier alpha value is -0.870. The molecule has 3 nitrogen and oxygen atoms in total. The molecule has 1 rings (SSSR count). The average Bonchev–Trinajstić information content (AvgIpc) is 1.88. The highest BCUT2D eigenvalue weighted by molar-refractivity contribution is 7.78. The first kappa shape index (κ1) is 7.24. The first-order valence-electron chi connectivity index (χ1n) is 2.68. The summed E-state index contributed by atoms with van der Waals surface area (Å²) in [5.41, 5.74) is 0. The smallest absolute Gasteiger partial charge is 0.285 e. The maximum absolute atomic E-state index is 10.3. The molecule has 0 heterocycles. The van der Waals surface area contributed by atoms with E-state index in [0.29, 0.717) is 5.75 Å². The summed E-state index contributed by atoms with van der Waals surface area (Å²) in [6.45, 7) is 0. The van der Waals surface area contributed by atoms with Crippen molar-refractivity contribution in [1.82, 2.24) is 0 Å². The first-order chi connectivity index (χ1) is 4.79.